The van der Waals surface area contributed by atoms with Gasteiger partial charge in [0.15, 0.2) is 5.65 Å². The number of benzene rings is 1. The van der Waals surface area contributed by atoms with E-state index in [1.54, 1.807) is 23.2 Å². The number of carbonyl (C=O) groups is 1. The van der Waals surface area contributed by atoms with Crippen molar-refractivity contribution in [1.82, 2.24) is 24.4 Å². The molecule has 0 saturated carbocycles. The maximum absolute atomic E-state index is 15.0. The molecule has 3 aromatic heterocycles. The van der Waals surface area contributed by atoms with E-state index in [-0.39, 0.29) is 45.8 Å². The highest BCUT2D eigenvalue weighted by Crippen LogP contribution is 2.36. The lowest BCUT2D eigenvalue weighted by Crippen LogP contribution is -2.58. The first-order valence-corrected chi connectivity index (χ1v) is 14.0. The summed E-state index contributed by atoms with van der Waals surface area (Å²) < 4.78 is 30.6. The van der Waals surface area contributed by atoms with E-state index in [4.69, 9.17) is 16.6 Å². The number of halogens is 3. The molecule has 1 fully saturated rings. The minimum Gasteiger partial charge on any atom is -0.349 e. The second-order valence-electron chi connectivity index (χ2n) is 10.9. The molecule has 2 atom stereocenters. The molecule has 0 aliphatic carbocycles. The van der Waals surface area contributed by atoms with E-state index < -0.39 is 17.3 Å². The highest BCUT2D eigenvalue weighted by Gasteiger charge is 2.34. The Kier molecular flexibility index (Phi) is 7.85. The van der Waals surface area contributed by atoms with Gasteiger partial charge in [0.2, 0.25) is 5.91 Å². The summed E-state index contributed by atoms with van der Waals surface area (Å²) in [4.78, 5) is 43.9. The number of pyridine rings is 2. The van der Waals surface area contributed by atoms with E-state index in [1.807, 2.05) is 39.5 Å². The lowest BCUT2D eigenvalue weighted by molar-refractivity contribution is -0.128. The smallest absolute Gasteiger partial charge is 0.349 e. The Labute approximate surface area is 247 Å². The molecule has 0 spiro atoms. The number of hydrogen-bond donors (Lipinski definition) is 0. The van der Waals surface area contributed by atoms with E-state index in [9.17, 15) is 18.4 Å². The number of piperazine rings is 1. The minimum atomic E-state index is -0.709. The van der Waals surface area contributed by atoms with Crippen molar-refractivity contribution in [3.63, 3.8) is 0 Å². The highest BCUT2D eigenvalue weighted by molar-refractivity contribution is 6.33. The van der Waals surface area contributed by atoms with Crippen LogP contribution in [0, 0.1) is 18.6 Å². The van der Waals surface area contributed by atoms with Gasteiger partial charge in [-0.2, -0.15) is 4.98 Å². The van der Waals surface area contributed by atoms with E-state index >= 15 is 0 Å². The lowest BCUT2D eigenvalue weighted by Gasteiger charge is -2.44. The van der Waals surface area contributed by atoms with Crippen LogP contribution < -0.4 is 10.6 Å². The number of fused-ring (bicyclic) bond motifs is 1. The molecule has 1 aromatic carbocycles. The predicted octanol–water partition coefficient (Wildman–Crippen LogP) is 5.82. The first kappa shape index (κ1) is 29.3. The van der Waals surface area contributed by atoms with Gasteiger partial charge in [0, 0.05) is 36.9 Å². The van der Waals surface area contributed by atoms with Crippen LogP contribution in [0.3, 0.4) is 0 Å². The SMILES string of the molecule is C=CC(=O)N1C[C@H](C)N(c2nc(=O)n(-c3c(C)ccnc3C(C)C)c3nc(-c4cc(F)ccc4F)c(Cl)cc23)C[C@H]1C. The van der Waals surface area contributed by atoms with Gasteiger partial charge in [0.25, 0.3) is 0 Å². The normalized spacial score (nSPS) is 17.3. The Morgan fingerprint density at radius 1 is 1.12 bits per heavy atom. The van der Waals surface area contributed by atoms with Gasteiger partial charge in [-0.25, -0.2) is 23.1 Å². The maximum Gasteiger partial charge on any atom is 0.355 e. The average Bonchev–Trinajstić information content (AvgIpc) is 2.95. The van der Waals surface area contributed by atoms with Crippen LogP contribution in [0.4, 0.5) is 14.6 Å². The van der Waals surface area contributed by atoms with Gasteiger partial charge in [-0.15, -0.1) is 0 Å². The van der Waals surface area contributed by atoms with Gasteiger partial charge in [-0.3, -0.25) is 9.78 Å². The molecule has 42 heavy (non-hydrogen) atoms. The Morgan fingerprint density at radius 2 is 1.86 bits per heavy atom. The molecule has 0 bridgehead atoms. The minimum absolute atomic E-state index is 0.0121. The number of rotatable bonds is 5. The number of amides is 1. The van der Waals surface area contributed by atoms with E-state index in [0.717, 1.165) is 23.8 Å². The average molecular weight is 593 g/mol. The van der Waals surface area contributed by atoms with Crippen molar-refractivity contribution in [3.8, 4) is 16.9 Å². The van der Waals surface area contributed by atoms with Gasteiger partial charge in [-0.05, 0) is 68.7 Å². The monoisotopic (exact) mass is 592 g/mol. The van der Waals surface area contributed by atoms with Crippen LogP contribution in [-0.2, 0) is 4.79 Å². The second-order valence-corrected chi connectivity index (χ2v) is 11.3. The molecule has 1 amide bonds. The third kappa shape index (κ3) is 5.04. The molecule has 4 heterocycles. The Morgan fingerprint density at radius 3 is 2.55 bits per heavy atom. The molecular weight excluding hydrogens is 562 g/mol. The highest BCUT2D eigenvalue weighted by atomic mass is 35.5. The van der Waals surface area contributed by atoms with Crippen molar-refractivity contribution in [2.45, 2.75) is 52.6 Å². The van der Waals surface area contributed by atoms with Crippen LogP contribution in [0.15, 0.2) is 54.0 Å². The van der Waals surface area contributed by atoms with Gasteiger partial charge < -0.3 is 9.80 Å². The van der Waals surface area contributed by atoms with Gasteiger partial charge in [-0.1, -0.05) is 32.0 Å². The summed E-state index contributed by atoms with van der Waals surface area (Å²) >= 11 is 6.71. The van der Waals surface area contributed by atoms with E-state index in [1.165, 1.54) is 10.6 Å². The number of carbonyl (C=O) groups excluding carboxylic acids is 1. The van der Waals surface area contributed by atoms with Gasteiger partial charge in [0.1, 0.15) is 17.5 Å². The summed E-state index contributed by atoms with van der Waals surface area (Å²) in [5, 5.41) is 0.508. The predicted molar refractivity (Wildman–Crippen MR) is 160 cm³/mol. The van der Waals surface area contributed by atoms with Crippen molar-refractivity contribution >= 4 is 34.4 Å². The van der Waals surface area contributed by atoms with Crippen molar-refractivity contribution in [1.29, 1.82) is 0 Å². The zero-order valence-corrected chi connectivity index (χ0v) is 24.8. The topological polar surface area (TPSA) is 84.2 Å². The molecule has 1 aliphatic heterocycles. The first-order chi connectivity index (χ1) is 19.9. The second kappa shape index (κ2) is 11.2. The standard InChI is InChI=1S/C31H31ClF2N6O2/c1-7-25(41)38-14-19(6)39(15-18(38)5)29-22-13-23(32)27(21-12-20(33)8-9-24(21)34)36-30(22)40(31(42)37-29)28-17(4)10-11-35-26(28)16(2)3/h7-13,16,18-19H,1,14-15H2,2-6H3/t18-,19+/m1/s1. The van der Waals surface area contributed by atoms with Gasteiger partial charge >= 0.3 is 5.69 Å². The third-order valence-electron chi connectivity index (χ3n) is 7.63. The van der Waals surface area contributed by atoms with Crippen molar-refractivity contribution in [3.05, 3.63) is 87.6 Å². The number of aromatic nitrogens is 4. The number of anilines is 1. The molecule has 0 N–H and O–H groups in total. The molecule has 11 heteroatoms. The van der Waals surface area contributed by atoms with Crippen LogP contribution in [0.2, 0.25) is 5.02 Å². The van der Waals surface area contributed by atoms with Crippen LogP contribution in [0.1, 0.15) is 44.9 Å². The summed E-state index contributed by atoms with van der Waals surface area (Å²) in [7, 11) is 0. The third-order valence-corrected chi connectivity index (χ3v) is 7.91. The zero-order chi connectivity index (χ0) is 30.5. The summed E-state index contributed by atoms with van der Waals surface area (Å²) in [5.41, 5.74) is 1.36. The largest absolute Gasteiger partial charge is 0.355 e. The summed E-state index contributed by atoms with van der Waals surface area (Å²) in [6.07, 6.45) is 2.96. The van der Waals surface area contributed by atoms with Crippen molar-refractivity contribution in [2.75, 3.05) is 18.0 Å². The molecule has 4 aromatic rings. The summed E-state index contributed by atoms with van der Waals surface area (Å²) in [5.74, 6) is -1.26. The first-order valence-electron chi connectivity index (χ1n) is 13.7. The van der Waals surface area contributed by atoms with Crippen LogP contribution in [0.25, 0.3) is 28.0 Å². The molecule has 1 saturated heterocycles. The van der Waals surface area contributed by atoms with Crippen molar-refractivity contribution < 1.29 is 13.6 Å². The molecule has 1 aliphatic rings. The molecule has 0 radical (unpaired) electrons. The molecule has 8 nitrogen and oxygen atoms in total. The van der Waals surface area contributed by atoms with Crippen LogP contribution in [0.5, 0.6) is 0 Å². The zero-order valence-electron chi connectivity index (χ0n) is 24.0. The van der Waals surface area contributed by atoms with Crippen LogP contribution >= 0.6 is 11.6 Å². The van der Waals surface area contributed by atoms with E-state index in [2.05, 4.69) is 16.5 Å². The maximum atomic E-state index is 15.0. The fraction of sp³-hybridized carbons (Fsp3) is 0.323. The van der Waals surface area contributed by atoms with E-state index in [0.29, 0.717) is 35.7 Å². The number of aryl methyl sites for hydroxylation is 1. The lowest BCUT2D eigenvalue weighted by atomic mass is 10.0. The quantitative estimate of drug-likeness (QED) is 0.272. The van der Waals surface area contributed by atoms with Gasteiger partial charge in [0.05, 0.1) is 27.5 Å². The fourth-order valence-electron chi connectivity index (χ4n) is 5.52. The number of hydrogen-bond acceptors (Lipinski definition) is 6. The molecule has 218 valence electrons. The molecule has 5 rings (SSSR count). The Hall–Kier alpha value is -4.18. The Balaban J connectivity index is 1.84. The summed E-state index contributed by atoms with van der Waals surface area (Å²) in [6.45, 7) is 14.0. The molecular formula is C31H31ClF2N6O2. The number of nitrogens with zero attached hydrogens (tertiary/aromatic N) is 6. The Bertz CT molecular complexity index is 1790. The van der Waals surface area contributed by atoms with Crippen LogP contribution in [-0.4, -0.2) is 55.5 Å². The molecule has 0 unspecified atom stereocenters. The summed E-state index contributed by atoms with van der Waals surface area (Å²) in [6, 6.07) is 5.99. The fourth-order valence-corrected chi connectivity index (χ4v) is 5.78. The van der Waals surface area contributed by atoms with Crippen molar-refractivity contribution in [2.24, 2.45) is 0 Å².